The highest BCUT2D eigenvalue weighted by molar-refractivity contribution is 7.98. The molecule has 1 saturated carbocycles. The molecule has 168 valence electrons. The van der Waals surface area contributed by atoms with Crippen molar-refractivity contribution >= 4 is 17.6 Å². The molecule has 2 aromatic carbocycles. The van der Waals surface area contributed by atoms with Crippen LogP contribution in [0.5, 0.6) is 5.75 Å². The van der Waals surface area contributed by atoms with Gasteiger partial charge in [-0.05, 0) is 48.6 Å². The molecule has 7 nitrogen and oxygen atoms in total. The fraction of sp³-hybridized carbons (Fsp3) is 0.231. The van der Waals surface area contributed by atoms with E-state index in [0.29, 0.717) is 33.2 Å². The largest absolute Gasteiger partial charge is 0.488 e. The Morgan fingerprint density at radius 3 is 2.38 bits per heavy atom. The van der Waals surface area contributed by atoms with Gasteiger partial charge in [0.1, 0.15) is 40.4 Å². The summed E-state index contributed by atoms with van der Waals surface area (Å²) < 4.78 is 5.90. The molecule has 0 bridgehead atoms. The van der Waals surface area contributed by atoms with Gasteiger partial charge in [0.2, 0.25) is 0 Å². The van der Waals surface area contributed by atoms with Crippen LogP contribution < -0.4 is 10.5 Å². The first-order valence-corrected chi connectivity index (χ1v) is 11.7. The Labute approximate surface area is 202 Å². The van der Waals surface area contributed by atoms with Crippen LogP contribution in [0, 0.1) is 34.0 Å². The number of aliphatic hydroxyl groups excluding tert-OH is 1. The molecule has 4 rings (SSSR count). The Kier molecular flexibility index (Phi) is 6.99. The molecule has 1 fully saturated rings. The van der Waals surface area contributed by atoms with Crippen molar-refractivity contribution in [1.82, 2.24) is 4.98 Å². The van der Waals surface area contributed by atoms with Crippen LogP contribution in [0.15, 0.2) is 53.6 Å². The average molecular weight is 468 g/mol. The molecular weight excluding hydrogens is 446 g/mol. The number of aliphatic hydroxyl groups is 1. The summed E-state index contributed by atoms with van der Waals surface area (Å²) in [5.74, 6) is 1.07. The van der Waals surface area contributed by atoms with Crippen molar-refractivity contribution in [3.05, 3.63) is 70.8 Å². The number of anilines is 1. The van der Waals surface area contributed by atoms with Crippen LogP contribution in [0.2, 0.25) is 0 Å². The summed E-state index contributed by atoms with van der Waals surface area (Å²) in [5, 5.41) is 39.5. The van der Waals surface area contributed by atoms with E-state index < -0.39 is 6.10 Å². The number of aromatic nitrogens is 1. The zero-order valence-electron chi connectivity index (χ0n) is 18.2. The Morgan fingerprint density at radius 1 is 1.00 bits per heavy atom. The lowest BCUT2D eigenvalue weighted by molar-refractivity contribution is 0.0604. The third-order valence-electron chi connectivity index (χ3n) is 5.77. The van der Waals surface area contributed by atoms with E-state index in [1.54, 1.807) is 36.4 Å². The quantitative estimate of drug-likeness (QED) is 0.504. The van der Waals surface area contributed by atoms with Crippen molar-refractivity contribution in [1.29, 1.82) is 15.8 Å². The van der Waals surface area contributed by atoms with Crippen molar-refractivity contribution in [2.75, 3.05) is 5.73 Å². The van der Waals surface area contributed by atoms with E-state index in [1.165, 1.54) is 11.8 Å². The number of nitrogens with two attached hydrogens (primary N) is 1. The number of ether oxygens (including phenoxy) is 1. The lowest BCUT2D eigenvalue weighted by Gasteiger charge is -2.18. The summed E-state index contributed by atoms with van der Waals surface area (Å²) >= 11 is 1.29. The molecule has 0 aliphatic heterocycles. The maximum absolute atomic E-state index is 10.0. The minimum atomic E-state index is -0.471. The maximum atomic E-state index is 10.0. The van der Waals surface area contributed by atoms with Gasteiger partial charge >= 0.3 is 0 Å². The van der Waals surface area contributed by atoms with Crippen molar-refractivity contribution in [2.45, 2.75) is 42.2 Å². The van der Waals surface area contributed by atoms with Crippen LogP contribution in [0.3, 0.4) is 0 Å². The summed E-state index contributed by atoms with van der Waals surface area (Å²) in [6, 6.07) is 20.7. The van der Waals surface area contributed by atoms with E-state index >= 15 is 0 Å². The van der Waals surface area contributed by atoms with Crippen molar-refractivity contribution in [3.8, 4) is 35.1 Å². The lowest BCUT2D eigenvalue weighted by atomic mass is 9.97. The van der Waals surface area contributed by atoms with Crippen molar-refractivity contribution in [2.24, 2.45) is 0 Å². The van der Waals surface area contributed by atoms with Gasteiger partial charge in [-0.1, -0.05) is 30.3 Å². The molecule has 1 heterocycles. The molecular formula is C26H21N5O2S. The smallest absolute Gasteiger partial charge is 0.143 e. The van der Waals surface area contributed by atoms with E-state index in [2.05, 4.69) is 23.2 Å². The van der Waals surface area contributed by atoms with Crippen LogP contribution in [0.1, 0.15) is 41.5 Å². The molecule has 3 N–H and O–H groups in total. The van der Waals surface area contributed by atoms with Gasteiger partial charge in [-0.3, -0.25) is 0 Å². The first-order valence-electron chi connectivity index (χ1n) is 10.7. The number of rotatable bonds is 6. The molecule has 1 aliphatic rings. The third-order valence-corrected chi connectivity index (χ3v) is 6.79. The van der Waals surface area contributed by atoms with Gasteiger partial charge in [-0.2, -0.15) is 15.8 Å². The van der Waals surface area contributed by atoms with Gasteiger partial charge in [0.05, 0.1) is 23.3 Å². The topological polar surface area (TPSA) is 140 Å². The first-order chi connectivity index (χ1) is 16.5. The fourth-order valence-electron chi connectivity index (χ4n) is 4.01. The predicted molar refractivity (Wildman–Crippen MR) is 129 cm³/mol. The van der Waals surface area contributed by atoms with Gasteiger partial charge in [0.15, 0.2) is 0 Å². The average Bonchev–Trinajstić information content (AvgIpc) is 3.27. The Morgan fingerprint density at radius 2 is 1.74 bits per heavy atom. The Balaban J connectivity index is 1.68. The molecule has 34 heavy (non-hydrogen) atoms. The van der Waals surface area contributed by atoms with Gasteiger partial charge in [-0.25, -0.2) is 4.98 Å². The molecule has 0 spiro atoms. The number of thioether (sulfide) groups is 1. The molecule has 8 heteroatoms. The molecule has 0 radical (unpaired) electrons. The summed E-state index contributed by atoms with van der Waals surface area (Å²) in [5.41, 5.74) is 8.93. The molecule has 2 atom stereocenters. The first kappa shape index (κ1) is 23.1. The SMILES string of the molecule is N#Cc1ccccc1CSc1nc(N)c(C#N)c(-c2ccc(O[C@@H]3CCC[C@H]3O)cc2)c1C#N. The standard InChI is InChI=1S/C26H21N5O2S/c27-12-17-4-1-2-5-18(17)15-34-26-21(14-29)24(20(13-28)25(30)31-26)16-8-10-19(11-9-16)33-23-7-3-6-22(23)32/h1-2,4-5,8-11,22-23,32H,3,6-7,15H2,(H2,30,31)/t22-,23-/m1/s1. The number of nitrogens with zero attached hydrogens (tertiary/aromatic N) is 4. The zero-order valence-corrected chi connectivity index (χ0v) is 19.0. The van der Waals surface area contributed by atoms with E-state index in [-0.39, 0.29) is 23.0 Å². The summed E-state index contributed by atoms with van der Waals surface area (Å²) in [4.78, 5) is 4.33. The minimum absolute atomic E-state index is 0.0435. The molecule has 0 unspecified atom stereocenters. The van der Waals surface area contributed by atoms with Crippen molar-refractivity contribution < 1.29 is 9.84 Å². The van der Waals surface area contributed by atoms with Gasteiger partial charge in [0, 0.05) is 11.3 Å². The minimum Gasteiger partial charge on any atom is -0.488 e. The third kappa shape index (κ3) is 4.67. The van der Waals surface area contributed by atoms with E-state index in [4.69, 9.17) is 10.5 Å². The highest BCUT2D eigenvalue weighted by atomic mass is 32.2. The Bertz CT molecular complexity index is 1340. The monoisotopic (exact) mass is 467 g/mol. The van der Waals surface area contributed by atoms with Gasteiger partial charge < -0.3 is 15.6 Å². The lowest BCUT2D eigenvalue weighted by Crippen LogP contribution is -2.25. The maximum Gasteiger partial charge on any atom is 0.143 e. The molecule has 3 aromatic rings. The second kappa shape index (κ2) is 10.3. The second-order valence-electron chi connectivity index (χ2n) is 7.89. The molecule has 0 saturated heterocycles. The molecule has 0 amide bonds. The van der Waals surface area contributed by atoms with Crippen molar-refractivity contribution in [3.63, 3.8) is 0 Å². The van der Waals surface area contributed by atoms with Crippen LogP contribution in [0.25, 0.3) is 11.1 Å². The number of nitriles is 3. The van der Waals surface area contributed by atoms with Gasteiger partial charge in [0.25, 0.3) is 0 Å². The number of pyridine rings is 1. The highest BCUT2D eigenvalue weighted by Gasteiger charge is 2.27. The number of nitrogen functional groups attached to an aromatic ring is 1. The number of hydrogen-bond donors (Lipinski definition) is 2. The molecule has 1 aromatic heterocycles. The zero-order chi connectivity index (χ0) is 24.1. The van der Waals surface area contributed by atoms with Crippen LogP contribution in [-0.2, 0) is 5.75 Å². The number of benzene rings is 2. The summed E-state index contributed by atoms with van der Waals surface area (Å²) in [7, 11) is 0. The highest BCUT2D eigenvalue weighted by Crippen LogP contribution is 2.37. The van der Waals surface area contributed by atoms with Gasteiger partial charge in [-0.15, -0.1) is 11.8 Å². The van der Waals surface area contributed by atoms with E-state index in [9.17, 15) is 20.9 Å². The normalized spacial score (nSPS) is 16.9. The van der Waals surface area contributed by atoms with Crippen LogP contribution in [-0.4, -0.2) is 22.3 Å². The fourth-order valence-corrected chi connectivity index (χ4v) is 5.01. The van der Waals surface area contributed by atoms with Crippen LogP contribution >= 0.6 is 11.8 Å². The van der Waals surface area contributed by atoms with Crippen LogP contribution in [0.4, 0.5) is 5.82 Å². The molecule has 1 aliphatic carbocycles. The van der Waals surface area contributed by atoms with E-state index in [0.717, 1.165) is 24.8 Å². The summed E-state index contributed by atoms with van der Waals surface area (Å²) in [6.07, 6.45) is 1.76. The predicted octanol–water partition coefficient (Wildman–Crippen LogP) is 4.53. The second-order valence-corrected chi connectivity index (χ2v) is 8.85. The number of hydrogen-bond acceptors (Lipinski definition) is 8. The summed E-state index contributed by atoms with van der Waals surface area (Å²) in [6.45, 7) is 0. The van der Waals surface area contributed by atoms with E-state index in [1.807, 2.05) is 12.1 Å². The Hall–Kier alpha value is -4.03.